The summed E-state index contributed by atoms with van der Waals surface area (Å²) < 4.78 is 4.43. The van der Waals surface area contributed by atoms with E-state index >= 15 is 0 Å². The number of rotatable bonds is 4. The summed E-state index contributed by atoms with van der Waals surface area (Å²) in [6.07, 6.45) is 1.38. The highest BCUT2D eigenvalue weighted by Gasteiger charge is 2.17. The largest absolute Gasteiger partial charge is 0.476 e. The Morgan fingerprint density at radius 3 is 2.85 bits per heavy atom. The van der Waals surface area contributed by atoms with Crippen LogP contribution >= 0.6 is 11.3 Å². The zero-order chi connectivity index (χ0) is 9.84. The second-order valence-electron chi connectivity index (χ2n) is 1.91. The van der Waals surface area contributed by atoms with Gasteiger partial charge in [-0.15, -0.1) is 0 Å². The smallest absolute Gasteiger partial charge is 0.359 e. The van der Waals surface area contributed by atoms with Gasteiger partial charge in [0.05, 0.1) is 0 Å². The molecule has 1 aromatic heterocycles. The molecular weight excluding hydrogens is 194 g/mol. The Kier molecular flexibility index (Phi) is 2.76. The van der Waals surface area contributed by atoms with Crippen molar-refractivity contribution < 1.29 is 19.4 Å². The standard InChI is InChI=1S/C7H5NO4S/c1-2-4-8-5(6(10)11)7(13-4)12-3-9/h2-3H,1H2,(H,10,11). The summed E-state index contributed by atoms with van der Waals surface area (Å²) >= 11 is 0.949. The van der Waals surface area contributed by atoms with E-state index in [4.69, 9.17) is 5.11 Å². The number of aromatic nitrogens is 1. The molecule has 1 N–H and O–H groups in total. The minimum atomic E-state index is -1.23. The molecule has 0 aliphatic rings. The van der Waals surface area contributed by atoms with Gasteiger partial charge < -0.3 is 9.84 Å². The Morgan fingerprint density at radius 2 is 2.38 bits per heavy atom. The van der Waals surface area contributed by atoms with Gasteiger partial charge in [-0.2, -0.15) is 0 Å². The van der Waals surface area contributed by atoms with Crippen molar-refractivity contribution >= 4 is 29.9 Å². The highest BCUT2D eigenvalue weighted by molar-refractivity contribution is 7.14. The van der Waals surface area contributed by atoms with E-state index in [2.05, 4.69) is 16.3 Å². The van der Waals surface area contributed by atoms with Crippen LogP contribution in [0.1, 0.15) is 15.5 Å². The molecule has 0 saturated heterocycles. The van der Waals surface area contributed by atoms with E-state index in [1.165, 1.54) is 6.08 Å². The van der Waals surface area contributed by atoms with Gasteiger partial charge in [0.1, 0.15) is 5.01 Å². The molecule has 0 aromatic carbocycles. The summed E-state index contributed by atoms with van der Waals surface area (Å²) in [5, 5.41) is 8.98. The van der Waals surface area contributed by atoms with Crippen LogP contribution in [0.25, 0.3) is 6.08 Å². The third-order valence-electron chi connectivity index (χ3n) is 1.14. The van der Waals surface area contributed by atoms with Crippen molar-refractivity contribution in [3.05, 3.63) is 17.3 Å². The van der Waals surface area contributed by atoms with Gasteiger partial charge in [-0.25, -0.2) is 9.78 Å². The number of thiazole rings is 1. The van der Waals surface area contributed by atoms with Crippen LogP contribution in [0.15, 0.2) is 6.58 Å². The summed E-state index contributed by atoms with van der Waals surface area (Å²) in [6.45, 7) is 3.58. The number of carboxylic acid groups (broad SMARTS) is 1. The van der Waals surface area contributed by atoms with Crippen molar-refractivity contribution in [2.45, 2.75) is 0 Å². The maximum Gasteiger partial charge on any atom is 0.359 e. The fraction of sp³-hybridized carbons (Fsp3) is 0. The minimum absolute atomic E-state index is 0.0302. The lowest BCUT2D eigenvalue weighted by Gasteiger charge is -1.90. The lowest BCUT2D eigenvalue weighted by molar-refractivity contribution is -0.120. The van der Waals surface area contributed by atoms with Crippen LogP contribution in [-0.4, -0.2) is 22.5 Å². The third-order valence-corrected chi connectivity index (χ3v) is 2.09. The van der Waals surface area contributed by atoms with Gasteiger partial charge in [-0.05, 0) is 6.08 Å². The minimum Gasteiger partial charge on any atom is -0.476 e. The molecule has 13 heavy (non-hydrogen) atoms. The lowest BCUT2D eigenvalue weighted by atomic mass is 10.5. The van der Waals surface area contributed by atoms with Crippen molar-refractivity contribution in [1.82, 2.24) is 4.98 Å². The second kappa shape index (κ2) is 3.81. The van der Waals surface area contributed by atoms with E-state index in [1.54, 1.807) is 0 Å². The van der Waals surface area contributed by atoms with E-state index in [1.807, 2.05) is 0 Å². The maximum atomic E-state index is 10.5. The van der Waals surface area contributed by atoms with Gasteiger partial charge in [-0.1, -0.05) is 17.9 Å². The number of hydrogen-bond acceptors (Lipinski definition) is 5. The second-order valence-corrected chi connectivity index (χ2v) is 2.90. The SMILES string of the molecule is C=Cc1nc(C(=O)O)c(OC=O)s1. The first-order valence-corrected chi connectivity index (χ1v) is 3.97. The van der Waals surface area contributed by atoms with Crippen molar-refractivity contribution in [1.29, 1.82) is 0 Å². The predicted molar refractivity (Wildman–Crippen MR) is 45.9 cm³/mol. The molecular formula is C7H5NO4S. The molecule has 68 valence electrons. The van der Waals surface area contributed by atoms with Gasteiger partial charge in [0.25, 0.3) is 6.47 Å². The molecule has 1 aromatic rings. The van der Waals surface area contributed by atoms with Crippen LogP contribution in [0.2, 0.25) is 0 Å². The first-order chi connectivity index (χ1) is 6.19. The number of aromatic carboxylic acids is 1. The molecule has 1 heterocycles. The number of carbonyl (C=O) groups is 2. The van der Waals surface area contributed by atoms with Crippen LogP contribution in [0.5, 0.6) is 5.06 Å². The average Bonchev–Trinajstić information content (AvgIpc) is 2.48. The molecule has 0 aliphatic carbocycles. The first-order valence-electron chi connectivity index (χ1n) is 3.16. The molecule has 0 spiro atoms. The zero-order valence-electron chi connectivity index (χ0n) is 6.39. The topological polar surface area (TPSA) is 76.5 Å². The van der Waals surface area contributed by atoms with Gasteiger partial charge in [-0.3, -0.25) is 4.79 Å². The number of ether oxygens (including phenoxy) is 1. The van der Waals surface area contributed by atoms with Crippen LogP contribution in [0.4, 0.5) is 0 Å². The van der Waals surface area contributed by atoms with Crippen molar-refractivity contribution in [2.24, 2.45) is 0 Å². The molecule has 1 rings (SSSR count). The highest BCUT2D eigenvalue weighted by Crippen LogP contribution is 2.27. The highest BCUT2D eigenvalue weighted by atomic mass is 32.1. The Hall–Kier alpha value is -1.69. The zero-order valence-corrected chi connectivity index (χ0v) is 7.21. The van der Waals surface area contributed by atoms with Gasteiger partial charge in [0.2, 0.25) is 10.8 Å². The Morgan fingerprint density at radius 1 is 1.69 bits per heavy atom. The summed E-state index contributed by atoms with van der Waals surface area (Å²) in [4.78, 5) is 24.2. The predicted octanol–water partition coefficient (Wildman–Crippen LogP) is 1.02. The van der Waals surface area contributed by atoms with E-state index in [0.29, 0.717) is 5.01 Å². The summed E-state index contributed by atoms with van der Waals surface area (Å²) in [7, 11) is 0. The van der Waals surface area contributed by atoms with Gasteiger partial charge in [0, 0.05) is 0 Å². The summed E-state index contributed by atoms with van der Waals surface area (Å²) in [5.41, 5.74) is -0.271. The van der Waals surface area contributed by atoms with Gasteiger partial charge >= 0.3 is 5.97 Å². The van der Waals surface area contributed by atoms with Crippen LogP contribution in [0.3, 0.4) is 0 Å². The van der Waals surface area contributed by atoms with Crippen molar-refractivity contribution in [3.8, 4) is 5.06 Å². The van der Waals surface area contributed by atoms with E-state index in [0.717, 1.165) is 11.3 Å². The number of carboxylic acids is 1. The van der Waals surface area contributed by atoms with Crippen LogP contribution < -0.4 is 4.74 Å². The van der Waals surface area contributed by atoms with Crippen LogP contribution in [-0.2, 0) is 4.79 Å². The normalized spacial score (nSPS) is 9.23. The number of hydrogen-bond donors (Lipinski definition) is 1. The molecule has 0 bridgehead atoms. The van der Waals surface area contributed by atoms with Gasteiger partial charge in [0.15, 0.2) is 0 Å². The first kappa shape index (κ1) is 9.40. The molecule has 5 nitrogen and oxygen atoms in total. The Balaban J connectivity index is 3.13. The maximum absolute atomic E-state index is 10.5. The molecule has 6 heteroatoms. The third kappa shape index (κ3) is 1.91. The van der Waals surface area contributed by atoms with E-state index in [9.17, 15) is 9.59 Å². The molecule has 0 atom stereocenters. The lowest BCUT2D eigenvalue weighted by Crippen LogP contribution is -2.00. The van der Waals surface area contributed by atoms with E-state index < -0.39 is 5.97 Å². The monoisotopic (exact) mass is 199 g/mol. The molecule has 0 fully saturated rings. The molecule has 0 amide bonds. The number of carbonyl (C=O) groups excluding carboxylic acids is 1. The summed E-state index contributed by atoms with van der Waals surface area (Å²) in [6, 6.07) is 0. The quantitative estimate of drug-likeness (QED) is 0.732. The van der Waals surface area contributed by atoms with Crippen molar-refractivity contribution in [3.63, 3.8) is 0 Å². The Labute approximate surface area is 77.3 Å². The molecule has 0 aliphatic heterocycles. The average molecular weight is 199 g/mol. The summed E-state index contributed by atoms with van der Waals surface area (Å²) in [5.74, 6) is -1.23. The fourth-order valence-corrected chi connectivity index (χ4v) is 1.40. The molecule has 0 saturated carbocycles. The molecule has 0 radical (unpaired) electrons. The Bertz CT molecular complexity index is 357. The number of nitrogens with zero attached hydrogens (tertiary/aromatic N) is 1. The molecule has 0 unspecified atom stereocenters. The van der Waals surface area contributed by atoms with Crippen LogP contribution in [0, 0.1) is 0 Å². The fourth-order valence-electron chi connectivity index (χ4n) is 0.668. The van der Waals surface area contributed by atoms with E-state index in [-0.39, 0.29) is 17.2 Å². The van der Waals surface area contributed by atoms with Crippen molar-refractivity contribution in [2.75, 3.05) is 0 Å².